The number of fused-ring (bicyclic) bond motifs is 1. The fourth-order valence-electron chi connectivity index (χ4n) is 2.76. The van der Waals surface area contributed by atoms with Gasteiger partial charge in [-0.25, -0.2) is 4.98 Å². The number of hydrogen-bond acceptors (Lipinski definition) is 2. The number of imidazole rings is 1. The molecule has 1 amide bonds. The van der Waals surface area contributed by atoms with Gasteiger partial charge in [0, 0.05) is 16.2 Å². The third-order valence-corrected chi connectivity index (χ3v) is 4.80. The van der Waals surface area contributed by atoms with Crippen LogP contribution in [0.2, 0.25) is 5.02 Å². The number of nitrogens with one attached hydrogen (secondary N) is 1. The topological polar surface area (TPSA) is 46.4 Å². The van der Waals surface area contributed by atoms with Crippen molar-refractivity contribution in [1.29, 1.82) is 0 Å². The molecule has 1 N–H and O–H groups in total. The van der Waals surface area contributed by atoms with Crippen LogP contribution in [0.1, 0.15) is 10.4 Å². The van der Waals surface area contributed by atoms with Crippen LogP contribution in [0.4, 0.5) is 5.82 Å². The average molecular weight is 427 g/mol. The van der Waals surface area contributed by atoms with Crippen molar-refractivity contribution in [3.05, 3.63) is 88.0 Å². The lowest BCUT2D eigenvalue weighted by molar-refractivity contribution is 0.102. The van der Waals surface area contributed by atoms with Crippen LogP contribution in [0.3, 0.4) is 0 Å². The highest BCUT2D eigenvalue weighted by molar-refractivity contribution is 9.10. The Bertz CT molecular complexity index is 1110. The van der Waals surface area contributed by atoms with Gasteiger partial charge in [-0.05, 0) is 30.3 Å². The van der Waals surface area contributed by atoms with E-state index >= 15 is 0 Å². The molecular weight excluding hydrogens is 414 g/mol. The Morgan fingerprint density at radius 2 is 1.81 bits per heavy atom. The second-order valence-electron chi connectivity index (χ2n) is 5.68. The summed E-state index contributed by atoms with van der Waals surface area (Å²) in [5.74, 6) is 0.312. The maximum Gasteiger partial charge on any atom is 0.258 e. The molecule has 2 heterocycles. The lowest BCUT2D eigenvalue weighted by Gasteiger charge is -2.09. The molecular formula is C20H13BrClN3O. The zero-order chi connectivity index (χ0) is 18.1. The normalized spacial score (nSPS) is 10.8. The third-order valence-electron chi connectivity index (χ3n) is 3.98. The number of amides is 1. The summed E-state index contributed by atoms with van der Waals surface area (Å²) in [6.45, 7) is 0. The number of benzene rings is 2. The molecule has 2 aromatic carbocycles. The van der Waals surface area contributed by atoms with Gasteiger partial charge in [0.05, 0.1) is 10.6 Å². The summed E-state index contributed by atoms with van der Waals surface area (Å²) in [4.78, 5) is 17.5. The number of carbonyl (C=O) groups is 1. The van der Waals surface area contributed by atoms with Gasteiger partial charge in [0.25, 0.3) is 5.91 Å². The number of aromatic nitrogens is 2. The molecule has 6 heteroatoms. The quantitative estimate of drug-likeness (QED) is 0.459. The highest BCUT2D eigenvalue weighted by atomic mass is 79.9. The first kappa shape index (κ1) is 16.8. The molecule has 0 atom stereocenters. The van der Waals surface area contributed by atoms with Gasteiger partial charge in [-0.15, -0.1) is 0 Å². The molecule has 4 aromatic rings. The predicted octanol–water partition coefficient (Wildman–Crippen LogP) is 5.67. The van der Waals surface area contributed by atoms with E-state index in [2.05, 4.69) is 26.2 Å². The van der Waals surface area contributed by atoms with Crippen molar-refractivity contribution < 1.29 is 4.79 Å². The lowest BCUT2D eigenvalue weighted by atomic mass is 10.1. The highest BCUT2D eigenvalue weighted by Gasteiger charge is 2.18. The number of anilines is 1. The van der Waals surface area contributed by atoms with Crippen molar-refractivity contribution >= 4 is 44.9 Å². The van der Waals surface area contributed by atoms with Crippen LogP contribution in [0.25, 0.3) is 16.9 Å². The number of halogens is 2. The Balaban J connectivity index is 1.83. The molecule has 0 aliphatic rings. The minimum Gasteiger partial charge on any atom is -0.306 e. The first-order valence-electron chi connectivity index (χ1n) is 7.92. The van der Waals surface area contributed by atoms with Crippen LogP contribution in [-0.4, -0.2) is 15.3 Å². The summed E-state index contributed by atoms with van der Waals surface area (Å²) in [5.41, 5.74) is 2.77. The van der Waals surface area contributed by atoms with E-state index in [1.54, 1.807) is 18.2 Å². The number of pyridine rings is 1. The lowest BCUT2D eigenvalue weighted by Crippen LogP contribution is -2.14. The van der Waals surface area contributed by atoms with E-state index in [9.17, 15) is 4.79 Å². The molecule has 4 rings (SSSR count). The predicted molar refractivity (Wildman–Crippen MR) is 108 cm³/mol. The summed E-state index contributed by atoms with van der Waals surface area (Å²) < 4.78 is 2.64. The number of nitrogens with zero attached hydrogens (tertiary/aromatic N) is 2. The van der Waals surface area contributed by atoms with E-state index in [1.807, 2.05) is 59.1 Å². The zero-order valence-corrected chi connectivity index (χ0v) is 15.8. The Labute approximate surface area is 163 Å². The molecule has 0 fully saturated rings. The van der Waals surface area contributed by atoms with Gasteiger partial charge in [-0.3, -0.25) is 9.20 Å². The first-order valence-corrected chi connectivity index (χ1v) is 9.09. The summed E-state index contributed by atoms with van der Waals surface area (Å²) in [7, 11) is 0. The van der Waals surface area contributed by atoms with Crippen LogP contribution < -0.4 is 5.32 Å². The molecule has 0 aliphatic heterocycles. The molecule has 0 saturated carbocycles. The molecule has 4 nitrogen and oxygen atoms in total. The van der Waals surface area contributed by atoms with Gasteiger partial charge in [-0.2, -0.15) is 0 Å². The number of hydrogen-bond donors (Lipinski definition) is 1. The third kappa shape index (κ3) is 3.11. The van der Waals surface area contributed by atoms with Gasteiger partial charge in [0.2, 0.25) is 0 Å². The maximum absolute atomic E-state index is 12.9. The van der Waals surface area contributed by atoms with Gasteiger partial charge >= 0.3 is 0 Å². The van der Waals surface area contributed by atoms with Crippen molar-refractivity contribution in [1.82, 2.24) is 9.38 Å². The molecule has 2 aromatic heterocycles. The van der Waals surface area contributed by atoms with Crippen LogP contribution in [0.5, 0.6) is 0 Å². The van der Waals surface area contributed by atoms with Crippen molar-refractivity contribution in [2.24, 2.45) is 0 Å². The summed E-state index contributed by atoms with van der Waals surface area (Å²) in [6.07, 6.45) is 1.87. The van der Waals surface area contributed by atoms with E-state index in [0.29, 0.717) is 22.1 Å². The largest absolute Gasteiger partial charge is 0.306 e. The van der Waals surface area contributed by atoms with E-state index in [0.717, 1.165) is 15.7 Å². The molecule has 26 heavy (non-hydrogen) atoms. The van der Waals surface area contributed by atoms with Crippen molar-refractivity contribution in [3.8, 4) is 11.3 Å². The zero-order valence-electron chi connectivity index (χ0n) is 13.5. The van der Waals surface area contributed by atoms with Gasteiger partial charge in [-0.1, -0.05) is 63.9 Å². The smallest absolute Gasteiger partial charge is 0.258 e. The van der Waals surface area contributed by atoms with E-state index in [1.165, 1.54) is 0 Å². The second kappa shape index (κ2) is 6.94. The SMILES string of the molecule is O=C(Nc1c(-c2ccccc2)nc2ccccn12)c1cc(Br)ccc1Cl. The van der Waals surface area contributed by atoms with E-state index in [-0.39, 0.29) is 5.91 Å². The Kier molecular flexibility index (Phi) is 4.49. The van der Waals surface area contributed by atoms with Crippen LogP contribution in [0, 0.1) is 0 Å². The van der Waals surface area contributed by atoms with E-state index < -0.39 is 0 Å². The van der Waals surface area contributed by atoms with Crippen LogP contribution >= 0.6 is 27.5 Å². The molecule has 0 radical (unpaired) electrons. The van der Waals surface area contributed by atoms with Crippen LogP contribution in [-0.2, 0) is 0 Å². The molecule has 0 bridgehead atoms. The first-order chi connectivity index (χ1) is 12.6. The van der Waals surface area contributed by atoms with E-state index in [4.69, 9.17) is 11.6 Å². The minimum atomic E-state index is -0.292. The highest BCUT2D eigenvalue weighted by Crippen LogP contribution is 2.30. The molecule has 0 saturated heterocycles. The number of carbonyl (C=O) groups excluding carboxylic acids is 1. The van der Waals surface area contributed by atoms with Gasteiger partial charge in [0.15, 0.2) is 0 Å². The monoisotopic (exact) mass is 425 g/mol. The Morgan fingerprint density at radius 3 is 2.62 bits per heavy atom. The average Bonchev–Trinajstić information content (AvgIpc) is 3.03. The molecule has 128 valence electrons. The van der Waals surface area contributed by atoms with Gasteiger partial charge < -0.3 is 5.32 Å². The standard InChI is InChI=1S/C20H13BrClN3O/c21-14-9-10-16(22)15(12-14)20(26)24-19-18(13-6-2-1-3-7-13)23-17-8-4-5-11-25(17)19/h1-12H,(H,24,26). The summed E-state index contributed by atoms with van der Waals surface area (Å²) in [6, 6.07) is 20.6. The molecule has 0 unspecified atom stereocenters. The van der Waals surface area contributed by atoms with Crippen LogP contribution in [0.15, 0.2) is 77.4 Å². The molecule has 0 spiro atoms. The number of rotatable bonds is 3. The Morgan fingerprint density at radius 1 is 1.04 bits per heavy atom. The second-order valence-corrected chi connectivity index (χ2v) is 7.01. The maximum atomic E-state index is 12.9. The van der Waals surface area contributed by atoms with Crippen molar-refractivity contribution in [3.63, 3.8) is 0 Å². The van der Waals surface area contributed by atoms with Crippen molar-refractivity contribution in [2.75, 3.05) is 5.32 Å². The Hall–Kier alpha value is -2.63. The van der Waals surface area contributed by atoms with Gasteiger partial charge in [0.1, 0.15) is 17.2 Å². The summed E-state index contributed by atoms with van der Waals surface area (Å²) in [5, 5.41) is 3.36. The fraction of sp³-hybridized carbons (Fsp3) is 0. The summed E-state index contributed by atoms with van der Waals surface area (Å²) >= 11 is 9.58. The molecule has 0 aliphatic carbocycles. The minimum absolute atomic E-state index is 0.292. The van der Waals surface area contributed by atoms with Crippen molar-refractivity contribution in [2.45, 2.75) is 0 Å². The fourth-order valence-corrected chi connectivity index (χ4v) is 3.32.